The van der Waals surface area contributed by atoms with Gasteiger partial charge in [0.15, 0.2) is 5.13 Å². The van der Waals surface area contributed by atoms with E-state index in [1.807, 2.05) is 24.3 Å². The van der Waals surface area contributed by atoms with Crippen LogP contribution < -0.4 is 10.6 Å². The van der Waals surface area contributed by atoms with Gasteiger partial charge in [0.2, 0.25) is 0 Å². The summed E-state index contributed by atoms with van der Waals surface area (Å²) in [6.07, 6.45) is 2.33. The van der Waals surface area contributed by atoms with Gasteiger partial charge in [-0.25, -0.2) is 4.98 Å². The number of benzene rings is 2. The van der Waals surface area contributed by atoms with Gasteiger partial charge in [0.1, 0.15) is 0 Å². The number of para-hydroxylation sites is 1. The van der Waals surface area contributed by atoms with E-state index in [-0.39, 0.29) is 0 Å². The number of hydrogen-bond donors (Lipinski definition) is 1. The Labute approximate surface area is 134 Å². The number of nitrogens with zero attached hydrogens (tertiary/aromatic N) is 2. The van der Waals surface area contributed by atoms with Crippen LogP contribution in [-0.2, 0) is 6.42 Å². The van der Waals surface area contributed by atoms with Crippen molar-refractivity contribution in [2.24, 2.45) is 0 Å². The molecule has 3 nitrogen and oxygen atoms in total. The van der Waals surface area contributed by atoms with E-state index in [1.54, 1.807) is 11.3 Å². The molecule has 3 aromatic rings. The van der Waals surface area contributed by atoms with Crippen molar-refractivity contribution in [3.05, 3.63) is 59.5 Å². The van der Waals surface area contributed by atoms with E-state index in [1.165, 1.54) is 17.7 Å². The predicted octanol–water partition coefficient (Wildman–Crippen LogP) is 4.48. The van der Waals surface area contributed by atoms with Crippen molar-refractivity contribution in [2.75, 3.05) is 17.2 Å². The fraction of sp³-hybridized carbons (Fsp3) is 0.167. The maximum absolute atomic E-state index is 5.75. The molecule has 4 heteroatoms. The molecule has 0 spiro atoms. The second kappa shape index (κ2) is 5.46. The smallest absolute Gasteiger partial charge is 0.190 e. The van der Waals surface area contributed by atoms with Gasteiger partial charge < -0.3 is 10.6 Å². The average Bonchev–Trinajstić information content (AvgIpc) is 3.05. The van der Waals surface area contributed by atoms with Crippen LogP contribution in [-0.4, -0.2) is 11.5 Å². The summed E-state index contributed by atoms with van der Waals surface area (Å²) >= 11 is 1.70. The summed E-state index contributed by atoms with van der Waals surface area (Å²) < 4.78 is 0. The minimum Gasteiger partial charge on any atom is -0.399 e. The largest absolute Gasteiger partial charge is 0.399 e. The molecular weight excluding hydrogens is 290 g/mol. The molecule has 0 aliphatic carbocycles. The number of aryl methyl sites for hydroxylation is 1. The number of nitrogens with two attached hydrogens (primary N) is 1. The number of nitrogen functional groups attached to an aromatic ring is 1. The van der Waals surface area contributed by atoms with Crippen LogP contribution >= 0.6 is 11.3 Å². The molecule has 0 bridgehead atoms. The number of hydrogen-bond acceptors (Lipinski definition) is 4. The number of aromatic nitrogens is 1. The summed E-state index contributed by atoms with van der Waals surface area (Å²) in [5.41, 5.74) is 11.4. The van der Waals surface area contributed by atoms with Crippen LogP contribution in [0.15, 0.2) is 53.9 Å². The standard InChI is InChI=1S/C18H17N3S/c19-15-9-7-13(8-10-15)16-12-22-18(20-16)21-11-3-5-14-4-1-2-6-17(14)21/h1-2,4,6-10,12H,3,5,11,19H2. The van der Waals surface area contributed by atoms with Crippen LogP contribution in [0.4, 0.5) is 16.5 Å². The molecule has 0 amide bonds. The van der Waals surface area contributed by atoms with Crippen molar-refractivity contribution in [2.45, 2.75) is 12.8 Å². The van der Waals surface area contributed by atoms with Gasteiger partial charge in [-0.15, -0.1) is 11.3 Å². The molecule has 2 heterocycles. The van der Waals surface area contributed by atoms with Crippen LogP contribution in [0.25, 0.3) is 11.3 Å². The fourth-order valence-electron chi connectivity index (χ4n) is 2.91. The highest BCUT2D eigenvalue weighted by Crippen LogP contribution is 2.36. The SMILES string of the molecule is Nc1ccc(-c2csc(N3CCCc4ccccc43)n2)cc1. The average molecular weight is 307 g/mol. The highest BCUT2D eigenvalue weighted by atomic mass is 32.1. The van der Waals surface area contributed by atoms with Gasteiger partial charge in [0, 0.05) is 28.9 Å². The maximum atomic E-state index is 5.75. The monoisotopic (exact) mass is 307 g/mol. The molecule has 0 unspecified atom stereocenters. The lowest BCUT2D eigenvalue weighted by Crippen LogP contribution is -2.24. The van der Waals surface area contributed by atoms with Gasteiger partial charge in [-0.05, 0) is 36.6 Å². The second-order valence-corrected chi connectivity index (χ2v) is 6.36. The maximum Gasteiger partial charge on any atom is 0.190 e. The molecule has 0 atom stereocenters. The van der Waals surface area contributed by atoms with E-state index in [0.717, 1.165) is 35.0 Å². The minimum absolute atomic E-state index is 0.782. The zero-order valence-corrected chi connectivity index (χ0v) is 13.0. The van der Waals surface area contributed by atoms with E-state index >= 15 is 0 Å². The van der Waals surface area contributed by atoms with Gasteiger partial charge in [-0.3, -0.25) is 0 Å². The molecule has 0 saturated heterocycles. The van der Waals surface area contributed by atoms with Crippen molar-refractivity contribution in [3.63, 3.8) is 0 Å². The molecule has 0 fully saturated rings. The summed E-state index contributed by atoms with van der Waals surface area (Å²) in [5, 5.41) is 3.19. The summed E-state index contributed by atoms with van der Waals surface area (Å²) in [7, 11) is 0. The molecule has 2 N–H and O–H groups in total. The summed E-state index contributed by atoms with van der Waals surface area (Å²) in [6.45, 7) is 1.03. The summed E-state index contributed by atoms with van der Waals surface area (Å²) in [4.78, 5) is 7.17. The van der Waals surface area contributed by atoms with Gasteiger partial charge >= 0.3 is 0 Å². The van der Waals surface area contributed by atoms with Crippen molar-refractivity contribution < 1.29 is 0 Å². The summed E-state index contributed by atoms with van der Waals surface area (Å²) in [6, 6.07) is 16.5. The normalized spacial score (nSPS) is 13.9. The molecule has 4 rings (SSSR count). The number of fused-ring (bicyclic) bond motifs is 1. The first-order valence-corrected chi connectivity index (χ1v) is 8.36. The number of anilines is 3. The molecule has 1 aromatic heterocycles. The van der Waals surface area contributed by atoms with Gasteiger partial charge in [-0.1, -0.05) is 30.3 Å². The molecule has 22 heavy (non-hydrogen) atoms. The predicted molar refractivity (Wildman–Crippen MR) is 93.7 cm³/mol. The highest BCUT2D eigenvalue weighted by Gasteiger charge is 2.20. The first-order chi connectivity index (χ1) is 10.8. The van der Waals surface area contributed by atoms with Gasteiger partial charge in [0.25, 0.3) is 0 Å². The third-order valence-electron chi connectivity index (χ3n) is 4.04. The molecule has 2 aromatic carbocycles. The van der Waals surface area contributed by atoms with Gasteiger partial charge in [0.05, 0.1) is 5.69 Å². The topological polar surface area (TPSA) is 42.1 Å². The van der Waals surface area contributed by atoms with E-state index in [9.17, 15) is 0 Å². The highest BCUT2D eigenvalue weighted by molar-refractivity contribution is 7.14. The Hall–Kier alpha value is -2.33. The van der Waals surface area contributed by atoms with Crippen LogP contribution in [0.3, 0.4) is 0 Å². The Balaban J connectivity index is 1.69. The van der Waals surface area contributed by atoms with E-state index in [2.05, 4.69) is 34.5 Å². The molecule has 1 aliphatic heterocycles. The van der Waals surface area contributed by atoms with Crippen LogP contribution in [0.1, 0.15) is 12.0 Å². The third kappa shape index (κ3) is 2.35. The Morgan fingerprint density at radius 1 is 1.05 bits per heavy atom. The van der Waals surface area contributed by atoms with Crippen molar-refractivity contribution in [1.82, 2.24) is 4.98 Å². The lowest BCUT2D eigenvalue weighted by atomic mass is 10.0. The third-order valence-corrected chi connectivity index (χ3v) is 4.90. The Morgan fingerprint density at radius 2 is 1.86 bits per heavy atom. The van der Waals surface area contributed by atoms with Crippen LogP contribution in [0.5, 0.6) is 0 Å². The molecule has 1 aliphatic rings. The molecular formula is C18H17N3S. The van der Waals surface area contributed by atoms with Crippen molar-refractivity contribution in [1.29, 1.82) is 0 Å². The fourth-order valence-corrected chi connectivity index (χ4v) is 3.78. The van der Waals surface area contributed by atoms with E-state index in [0.29, 0.717) is 0 Å². The summed E-state index contributed by atoms with van der Waals surface area (Å²) in [5.74, 6) is 0. The Kier molecular flexibility index (Phi) is 3.31. The Bertz CT molecular complexity index is 792. The van der Waals surface area contributed by atoms with E-state index in [4.69, 9.17) is 10.7 Å². The number of rotatable bonds is 2. The Morgan fingerprint density at radius 3 is 2.73 bits per heavy atom. The first-order valence-electron chi connectivity index (χ1n) is 7.48. The minimum atomic E-state index is 0.782. The zero-order chi connectivity index (χ0) is 14.9. The number of thiazole rings is 1. The van der Waals surface area contributed by atoms with Crippen molar-refractivity contribution >= 4 is 27.8 Å². The molecule has 0 saturated carbocycles. The van der Waals surface area contributed by atoms with Crippen LogP contribution in [0.2, 0.25) is 0 Å². The lowest BCUT2D eigenvalue weighted by molar-refractivity contribution is 0.765. The van der Waals surface area contributed by atoms with Crippen LogP contribution in [0, 0.1) is 0 Å². The second-order valence-electron chi connectivity index (χ2n) is 5.52. The quantitative estimate of drug-likeness (QED) is 0.710. The van der Waals surface area contributed by atoms with E-state index < -0.39 is 0 Å². The lowest BCUT2D eigenvalue weighted by Gasteiger charge is -2.28. The van der Waals surface area contributed by atoms with Crippen molar-refractivity contribution in [3.8, 4) is 11.3 Å². The van der Waals surface area contributed by atoms with Gasteiger partial charge in [-0.2, -0.15) is 0 Å². The molecule has 110 valence electrons. The first kappa shape index (κ1) is 13.3. The zero-order valence-electron chi connectivity index (χ0n) is 12.2. The molecule has 0 radical (unpaired) electrons.